The molecule has 6 aromatic rings. The van der Waals surface area contributed by atoms with Crippen molar-refractivity contribution >= 4 is 39.6 Å². The number of aryl methyl sites for hydroxylation is 4. The fourth-order valence-electron chi connectivity index (χ4n) is 5.25. The summed E-state index contributed by atoms with van der Waals surface area (Å²) in [6.45, 7) is 8.25. The number of fused-ring (bicyclic) bond motifs is 2. The lowest BCUT2D eigenvalue weighted by Gasteiger charge is -2.22. The van der Waals surface area contributed by atoms with Gasteiger partial charge in [-0.2, -0.15) is 0 Å². The first kappa shape index (κ1) is 28.0. The molecule has 0 amide bonds. The first-order valence-corrected chi connectivity index (χ1v) is 15.5. The van der Waals surface area contributed by atoms with E-state index in [1.54, 1.807) is 0 Å². The molecule has 2 atom stereocenters. The van der Waals surface area contributed by atoms with Crippen LogP contribution in [0.4, 0.5) is 0 Å². The summed E-state index contributed by atoms with van der Waals surface area (Å²) in [4.78, 5) is 0. The van der Waals surface area contributed by atoms with Crippen LogP contribution < -0.4 is 18.1 Å². The molecule has 0 saturated carbocycles. The predicted molar refractivity (Wildman–Crippen MR) is 178 cm³/mol. The zero-order valence-corrected chi connectivity index (χ0v) is 26.0. The van der Waals surface area contributed by atoms with E-state index in [1.165, 1.54) is 0 Å². The van der Waals surface area contributed by atoms with Crippen LogP contribution in [0.3, 0.4) is 0 Å². The molecule has 0 radical (unpaired) electrons. The molecule has 6 heteroatoms. The minimum Gasteiger partial charge on any atom is -0.440 e. The van der Waals surface area contributed by atoms with Crippen molar-refractivity contribution in [1.29, 1.82) is 0 Å². The van der Waals surface area contributed by atoms with Gasteiger partial charge in [0.1, 0.15) is 23.0 Å². The fraction of sp³-hybridized carbons (Fsp3) is 0.111. The maximum atomic E-state index is 6.54. The van der Waals surface area contributed by atoms with Crippen LogP contribution in [0.25, 0.3) is 32.7 Å². The van der Waals surface area contributed by atoms with Gasteiger partial charge in [0.05, 0.1) is 0 Å². The van der Waals surface area contributed by atoms with Crippen LogP contribution in [0.2, 0.25) is 0 Å². The Morgan fingerprint density at radius 1 is 0.405 bits per heavy atom. The molecule has 0 aromatic heterocycles. The van der Waals surface area contributed by atoms with Crippen LogP contribution in [0, 0.1) is 27.7 Å². The highest BCUT2D eigenvalue weighted by molar-refractivity contribution is 7.27. The monoisotopic (exact) mass is 590 g/mol. The smallest absolute Gasteiger partial charge is 0.275 e. The highest BCUT2D eigenvalue weighted by atomic mass is 31.1. The zero-order chi connectivity index (χ0) is 29.1. The summed E-state index contributed by atoms with van der Waals surface area (Å²) in [5.41, 5.74) is 6.17. The van der Waals surface area contributed by atoms with Crippen LogP contribution in [0.5, 0.6) is 23.0 Å². The summed E-state index contributed by atoms with van der Waals surface area (Å²) in [7, 11) is -0.440. The molecular formula is C36H32O4P2. The largest absolute Gasteiger partial charge is 0.440 e. The molecule has 0 saturated heterocycles. The zero-order valence-electron chi connectivity index (χ0n) is 24.0. The summed E-state index contributed by atoms with van der Waals surface area (Å²) in [6.07, 6.45) is 0. The second kappa shape index (κ2) is 12.4. The maximum Gasteiger partial charge on any atom is 0.275 e. The van der Waals surface area contributed by atoms with E-state index in [1.807, 2.05) is 62.4 Å². The Morgan fingerprint density at radius 3 is 1.21 bits per heavy atom. The molecule has 2 unspecified atom stereocenters. The van der Waals surface area contributed by atoms with Crippen molar-refractivity contribution < 1.29 is 18.1 Å². The molecule has 0 aliphatic heterocycles. The Bertz CT molecular complexity index is 1760. The van der Waals surface area contributed by atoms with E-state index >= 15 is 0 Å². The average Bonchev–Trinajstić information content (AvgIpc) is 2.99. The fourth-order valence-corrected chi connectivity index (χ4v) is 6.67. The van der Waals surface area contributed by atoms with E-state index in [2.05, 4.69) is 74.5 Å². The van der Waals surface area contributed by atoms with E-state index in [4.69, 9.17) is 18.1 Å². The molecule has 6 aromatic carbocycles. The Morgan fingerprint density at radius 2 is 0.786 bits per heavy atom. The summed E-state index contributed by atoms with van der Waals surface area (Å²) >= 11 is 0. The van der Waals surface area contributed by atoms with Gasteiger partial charge >= 0.3 is 0 Å². The third-order valence-corrected chi connectivity index (χ3v) is 8.58. The minimum atomic E-state index is -0.220. The molecule has 0 aliphatic rings. The molecule has 210 valence electrons. The van der Waals surface area contributed by atoms with Crippen molar-refractivity contribution in [3.8, 4) is 34.1 Å². The Hall–Kier alpha value is -4.10. The molecule has 42 heavy (non-hydrogen) atoms. The van der Waals surface area contributed by atoms with E-state index in [-0.39, 0.29) is 18.1 Å². The highest BCUT2D eigenvalue weighted by Crippen LogP contribution is 2.50. The first-order valence-electron chi connectivity index (χ1n) is 13.8. The molecule has 6 rings (SSSR count). The van der Waals surface area contributed by atoms with Crippen LogP contribution >= 0.6 is 18.1 Å². The summed E-state index contributed by atoms with van der Waals surface area (Å²) in [5, 5.41) is 4.44. The van der Waals surface area contributed by atoms with Gasteiger partial charge in [-0.1, -0.05) is 84.9 Å². The number of hydrogen-bond donors (Lipinski definition) is 0. The van der Waals surface area contributed by atoms with Crippen molar-refractivity contribution in [2.75, 3.05) is 0 Å². The lowest BCUT2D eigenvalue weighted by atomic mass is 9.89. The summed E-state index contributed by atoms with van der Waals surface area (Å²) in [6, 6.07) is 37.2. The van der Waals surface area contributed by atoms with Gasteiger partial charge in [0.2, 0.25) is 0 Å². The van der Waals surface area contributed by atoms with E-state index in [9.17, 15) is 0 Å². The topological polar surface area (TPSA) is 36.9 Å². The van der Waals surface area contributed by atoms with E-state index in [0.29, 0.717) is 0 Å². The quantitative estimate of drug-likeness (QED) is 0.157. The van der Waals surface area contributed by atoms with Gasteiger partial charge in [0.25, 0.3) is 18.1 Å². The van der Waals surface area contributed by atoms with Gasteiger partial charge in [-0.15, -0.1) is 0 Å². The van der Waals surface area contributed by atoms with Crippen LogP contribution in [-0.4, -0.2) is 0 Å². The molecule has 0 bridgehead atoms. The van der Waals surface area contributed by atoms with Crippen molar-refractivity contribution in [3.63, 3.8) is 0 Å². The van der Waals surface area contributed by atoms with E-state index in [0.717, 1.165) is 77.9 Å². The third kappa shape index (κ3) is 5.66. The van der Waals surface area contributed by atoms with Gasteiger partial charge in [0, 0.05) is 11.1 Å². The second-order valence-corrected chi connectivity index (χ2v) is 11.5. The van der Waals surface area contributed by atoms with Crippen molar-refractivity contribution in [2.24, 2.45) is 0 Å². The SMILES string of the molecule is Cc1ccccc1OPOc1c(C)cc2ccccc2c1-c1c(OPOc2ccccc2C)c(C)cc2ccccc12. The molecule has 0 aliphatic carbocycles. The van der Waals surface area contributed by atoms with Gasteiger partial charge < -0.3 is 18.1 Å². The average molecular weight is 591 g/mol. The standard InChI is InChI=1S/C36H32O4P2/c1-23-13-5-11-19-31(23)37-41-39-35-25(3)21-27-15-7-9-17-29(27)33(35)34-30-18-10-8-16-28(30)22-26(4)36(34)40-42-38-32-20-12-6-14-24(32)2/h5-22,41-42H,1-4H3. The highest BCUT2D eigenvalue weighted by Gasteiger charge is 2.23. The first-order chi connectivity index (χ1) is 20.5. The van der Waals surface area contributed by atoms with Crippen LogP contribution in [-0.2, 0) is 0 Å². The molecule has 0 spiro atoms. The van der Waals surface area contributed by atoms with Gasteiger partial charge in [-0.25, -0.2) is 0 Å². The number of rotatable bonds is 9. The third-order valence-electron chi connectivity index (χ3n) is 7.40. The summed E-state index contributed by atoms with van der Waals surface area (Å²) in [5.74, 6) is 3.19. The Labute approximate surface area is 250 Å². The second-order valence-electron chi connectivity index (χ2n) is 10.3. The van der Waals surface area contributed by atoms with E-state index < -0.39 is 0 Å². The van der Waals surface area contributed by atoms with Gasteiger partial charge in [-0.05, 0) is 95.8 Å². The van der Waals surface area contributed by atoms with Crippen molar-refractivity contribution in [2.45, 2.75) is 27.7 Å². The normalized spacial score (nSPS) is 11.6. The molecule has 0 fully saturated rings. The van der Waals surface area contributed by atoms with Crippen LogP contribution in [0.15, 0.2) is 109 Å². The maximum absolute atomic E-state index is 6.54. The molecule has 0 heterocycles. The minimum absolute atomic E-state index is 0.220. The van der Waals surface area contributed by atoms with Crippen LogP contribution in [0.1, 0.15) is 22.3 Å². The molecule has 0 N–H and O–H groups in total. The predicted octanol–water partition coefficient (Wildman–Crippen LogP) is 10.8. The number of para-hydroxylation sites is 2. The summed E-state index contributed by atoms with van der Waals surface area (Å²) < 4.78 is 25.3. The lowest BCUT2D eigenvalue weighted by molar-refractivity contribution is 0.508. The lowest BCUT2D eigenvalue weighted by Crippen LogP contribution is -1.98. The Kier molecular flexibility index (Phi) is 8.29. The number of hydrogen-bond acceptors (Lipinski definition) is 4. The van der Waals surface area contributed by atoms with Crippen molar-refractivity contribution in [3.05, 3.63) is 131 Å². The molecular weight excluding hydrogens is 558 g/mol. The Balaban J connectivity index is 1.49. The van der Waals surface area contributed by atoms with Crippen molar-refractivity contribution in [1.82, 2.24) is 0 Å². The van der Waals surface area contributed by atoms with Gasteiger partial charge in [-0.3, -0.25) is 0 Å². The number of benzene rings is 6. The van der Waals surface area contributed by atoms with Gasteiger partial charge in [0.15, 0.2) is 0 Å². The molecule has 4 nitrogen and oxygen atoms in total.